The van der Waals surface area contributed by atoms with Crippen LogP contribution in [0.1, 0.15) is 11.4 Å². The predicted octanol–water partition coefficient (Wildman–Crippen LogP) is 4.03. The van der Waals surface area contributed by atoms with E-state index < -0.39 is 32.0 Å². The van der Waals surface area contributed by atoms with Crippen LogP contribution in [0.2, 0.25) is 0 Å². The third kappa shape index (κ3) is 4.75. The van der Waals surface area contributed by atoms with E-state index in [0.29, 0.717) is 33.7 Å². The molecule has 0 amide bonds. The first-order valence-corrected chi connectivity index (χ1v) is 14.0. The Kier molecular flexibility index (Phi) is 5.71. The Morgan fingerprint density at radius 1 is 0.694 bits per heavy atom. The van der Waals surface area contributed by atoms with Crippen LogP contribution in [-0.2, 0) is 32.0 Å². The number of aryl methyl sites for hydroxylation is 2. The van der Waals surface area contributed by atoms with Crippen LogP contribution >= 0.6 is 0 Å². The summed E-state index contributed by atoms with van der Waals surface area (Å²) in [5.74, 6) is -0.364. The summed E-state index contributed by atoms with van der Waals surface area (Å²) < 4.78 is 68.0. The highest BCUT2D eigenvalue weighted by Crippen LogP contribution is 2.31. The highest BCUT2D eigenvalue weighted by Gasteiger charge is 2.19. The van der Waals surface area contributed by atoms with Crippen molar-refractivity contribution >= 4 is 42.3 Å². The SMILES string of the molecule is Cc1cccc(-c2nc3cc(-c4ccc5c(c4)nc(C)n5CS(=O)(=O)O)ccc3n2CS(=O)(=O)O)c1. The quantitative estimate of drug-likeness (QED) is 0.316. The predicted molar refractivity (Wildman–Crippen MR) is 136 cm³/mol. The minimum Gasteiger partial charge on any atom is -0.311 e. The van der Waals surface area contributed by atoms with E-state index in [1.54, 1.807) is 25.1 Å². The van der Waals surface area contributed by atoms with Gasteiger partial charge in [0.1, 0.15) is 11.6 Å². The van der Waals surface area contributed by atoms with Crippen molar-refractivity contribution < 1.29 is 25.9 Å². The second-order valence-electron chi connectivity index (χ2n) is 8.65. The molecule has 36 heavy (non-hydrogen) atoms. The molecule has 2 heterocycles. The van der Waals surface area contributed by atoms with Gasteiger partial charge in [0.25, 0.3) is 20.2 Å². The fourth-order valence-corrected chi connectivity index (χ4v) is 5.60. The van der Waals surface area contributed by atoms with Crippen LogP contribution in [0.5, 0.6) is 0 Å². The third-order valence-corrected chi connectivity index (χ3v) is 7.05. The number of fused-ring (bicyclic) bond motifs is 2. The summed E-state index contributed by atoms with van der Waals surface area (Å²) in [5, 5.41) is 0. The second kappa shape index (κ2) is 8.52. The first kappa shape index (κ1) is 24.1. The number of hydrogen-bond donors (Lipinski definition) is 2. The molecule has 0 atom stereocenters. The fourth-order valence-electron chi connectivity index (χ4n) is 4.36. The molecule has 186 valence electrons. The first-order chi connectivity index (χ1) is 16.9. The normalized spacial score (nSPS) is 12.6. The van der Waals surface area contributed by atoms with Gasteiger partial charge in [0.05, 0.1) is 22.1 Å². The van der Waals surface area contributed by atoms with E-state index in [-0.39, 0.29) is 0 Å². The van der Waals surface area contributed by atoms with Crippen LogP contribution in [0.4, 0.5) is 0 Å². The van der Waals surface area contributed by atoms with Gasteiger partial charge < -0.3 is 9.13 Å². The van der Waals surface area contributed by atoms with Crippen LogP contribution in [0.3, 0.4) is 0 Å². The molecule has 5 aromatic rings. The van der Waals surface area contributed by atoms with Crippen LogP contribution in [0.25, 0.3) is 44.6 Å². The third-order valence-electron chi connectivity index (χ3n) is 5.88. The van der Waals surface area contributed by atoms with Gasteiger partial charge in [-0.05, 0) is 55.3 Å². The lowest BCUT2D eigenvalue weighted by atomic mass is 10.0. The summed E-state index contributed by atoms with van der Waals surface area (Å²) in [6.45, 7) is 3.58. The van der Waals surface area contributed by atoms with E-state index in [1.165, 1.54) is 9.13 Å². The van der Waals surface area contributed by atoms with E-state index in [9.17, 15) is 25.9 Å². The molecule has 0 unspecified atom stereocenters. The molecule has 0 bridgehead atoms. The van der Waals surface area contributed by atoms with Crippen molar-refractivity contribution in [2.24, 2.45) is 0 Å². The van der Waals surface area contributed by atoms with Crippen molar-refractivity contribution in [2.45, 2.75) is 25.6 Å². The molecule has 0 aliphatic rings. The number of aromatic nitrogens is 4. The zero-order valence-corrected chi connectivity index (χ0v) is 21.0. The summed E-state index contributed by atoms with van der Waals surface area (Å²) in [6, 6.07) is 18.2. The van der Waals surface area contributed by atoms with E-state index in [2.05, 4.69) is 9.97 Å². The van der Waals surface area contributed by atoms with Gasteiger partial charge in [-0.15, -0.1) is 0 Å². The van der Waals surface area contributed by atoms with Crippen molar-refractivity contribution in [2.75, 3.05) is 0 Å². The lowest BCUT2D eigenvalue weighted by Crippen LogP contribution is -2.10. The molecule has 0 aliphatic carbocycles. The maximum Gasteiger partial charge on any atom is 0.283 e. The standard InChI is InChI=1S/C24H22N4O6S2/c1-15-4-3-5-19(10-15)24-26-21-12-18(7-9-23(21)28(24)14-36(32,33)34)17-6-8-22-20(11-17)25-16(2)27(22)13-35(29,30)31/h3-12H,13-14H2,1-2H3,(H,29,30,31)(H,32,33,34). The molecule has 3 aromatic carbocycles. The van der Waals surface area contributed by atoms with Crippen LogP contribution in [0.15, 0.2) is 60.7 Å². The molecule has 0 spiro atoms. The van der Waals surface area contributed by atoms with Gasteiger partial charge in [-0.2, -0.15) is 16.8 Å². The zero-order chi connectivity index (χ0) is 25.8. The molecular weight excluding hydrogens is 504 g/mol. The highest BCUT2D eigenvalue weighted by atomic mass is 32.2. The van der Waals surface area contributed by atoms with Gasteiger partial charge >= 0.3 is 0 Å². The highest BCUT2D eigenvalue weighted by molar-refractivity contribution is 7.85. The smallest absolute Gasteiger partial charge is 0.283 e. The number of imidazole rings is 2. The molecule has 0 saturated heterocycles. The van der Waals surface area contributed by atoms with Crippen molar-refractivity contribution in [3.8, 4) is 22.5 Å². The first-order valence-electron chi connectivity index (χ1n) is 10.8. The summed E-state index contributed by atoms with van der Waals surface area (Å²) in [6.07, 6.45) is 0. The van der Waals surface area contributed by atoms with Crippen molar-refractivity contribution in [1.29, 1.82) is 0 Å². The van der Waals surface area contributed by atoms with Gasteiger partial charge in [0.2, 0.25) is 0 Å². The summed E-state index contributed by atoms with van der Waals surface area (Å²) in [5.41, 5.74) is 5.50. The average Bonchev–Trinajstić information content (AvgIpc) is 3.28. The minimum absolute atomic E-state index is 0.415. The van der Waals surface area contributed by atoms with Gasteiger partial charge in [-0.1, -0.05) is 35.9 Å². The van der Waals surface area contributed by atoms with Gasteiger partial charge in [0, 0.05) is 5.56 Å². The van der Waals surface area contributed by atoms with Crippen LogP contribution in [0, 0.1) is 13.8 Å². The van der Waals surface area contributed by atoms with Crippen molar-refractivity contribution in [3.63, 3.8) is 0 Å². The lowest BCUT2D eigenvalue weighted by molar-refractivity contribution is 0.470. The number of hydrogen-bond acceptors (Lipinski definition) is 6. The minimum atomic E-state index is -4.33. The Bertz CT molecular complexity index is 1870. The Morgan fingerprint density at radius 3 is 1.83 bits per heavy atom. The van der Waals surface area contributed by atoms with Gasteiger partial charge in [0.15, 0.2) is 11.8 Å². The van der Waals surface area contributed by atoms with Crippen LogP contribution < -0.4 is 0 Å². The van der Waals surface area contributed by atoms with Gasteiger partial charge in [-0.3, -0.25) is 9.11 Å². The summed E-state index contributed by atoms with van der Waals surface area (Å²) in [4.78, 5) is 9.11. The Balaban J connectivity index is 1.63. The zero-order valence-electron chi connectivity index (χ0n) is 19.3. The number of nitrogens with zero attached hydrogens (tertiary/aromatic N) is 4. The van der Waals surface area contributed by atoms with Gasteiger partial charge in [-0.25, -0.2) is 9.97 Å². The monoisotopic (exact) mass is 526 g/mol. The fraction of sp³-hybridized carbons (Fsp3) is 0.167. The maximum absolute atomic E-state index is 11.8. The van der Waals surface area contributed by atoms with E-state index in [1.807, 2.05) is 49.4 Å². The van der Waals surface area contributed by atoms with Crippen molar-refractivity contribution in [1.82, 2.24) is 19.1 Å². The molecule has 12 heteroatoms. The molecular formula is C24H22N4O6S2. The summed E-state index contributed by atoms with van der Waals surface area (Å²) in [7, 11) is -8.57. The number of rotatable bonds is 6. The molecule has 10 nitrogen and oxygen atoms in total. The molecule has 0 saturated carbocycles. The van der Waals surface area contributed by atoms with Crippen LogP contribution in [-0.4, -0.2) is 45.0 Å². The van der Waals surface area contributed by atoms with E-state index in [4.69, 9.17) is 0 Å². The molecule has 0 aliphatic heterocycles. The Labute approximate surface area is 207 Å². The largest absolute Gasteiger partial charge is 0.311 e. The molecule has 5 rings (SSSR count). The van der Waals surface area contributed by atoms with E-state index >= 15 is 0 Å². The molecule has 2 N–H and O–H groups in total. The lowest BCUT2D eigenvalue weighted by Gasteiger charge is -2.08. The van der Waals surface area contributed by atoms with Crippen molar-refractivity contribution in [3.05, 3.63) is 72.1 Å². The second-order valence-corrected chi connectivity index (χ2v) is 11.5. The number of benzene rings is 3. The molecule has 2 aromatic heterocycles. The van der Waals surface area contributed by atoms with E-state index in [0.717, 1.165) is 22.3 Å². The molecule has 0 radical (unpaired) electrons. The maximum atomic E-state index is 11.8. The average molecular weight is 527 g/mol. The molecule has 0 fully saturated rings. The summed E-state index contributed by atoms with van der Waals surface area (Å²) >= 11 is 0. The topological polar surface area (TPSA) is 144 Å². The Morgan fingerprint density at radius 2 is 1.25 bits per heavy atom. The Hall–Kier alpha value is -3.58.